The third-order valence-corrected chi connectivity index (χ3v) is 5.98. The summed E-state index contributed by atoms with van der Waals surface area (Å²) in [5, 5.41) is 13.4. The molecule has 8 heteroatoms. The van der Waals surface area contributed by atoms with Crippen molar-refractivity contribution < 1.29 is 9.53 Å². The fourth-order valence-corrected chi connectivity index (χ4v) is 4.07. The number of aromatic nitrogens is 3. The maximum Gasteiger partial charge on any atom is 0.250 e. The summed E-state index contributed by atoms with van der Waals surface area (Å²) in [6.07, 6.45) is 5.13. The van der Waals surface area contributed by atoms with E-state index in [-0.39, 0.29) is 11.7 Å². The number of hydrogen-bond acceptors (Lipinski definition) is 6. The molecule has 0 unspecified atom stereocenters. The van der Waals surface area contributed by atoms with Gasteiger partial charge in [0.05, 0.1) is 12.9 Å². The number of nitrogens with zero attached hydrogens (tertiary/aromatic N) is 4. The lowest BCUT2D eigenvalue weighted by Gasteiger charge is -2.10. The summed E-state index contributed by atoms with van der Waals surface area (Å²) in [5.41, 5.74) is 6.52. The minimum absolute atomic E-state index is 0.145. The molecule has 3 aromatic carbocycles. The number of rotatable bonds is 9. The Hall–Kier alpha value is -4.17. The molecule has 0 radical (unpaired) electrons. The molecule has 7 nitrogen and oxygen atoms in total. The van der Waals surface area contributed by atoms with Crippen molar-refractivity contribution in [3.8, 4) is 22.8 Å². The molecule has 0 atom stereocenters. The maximum absolute atomic E-state index is 12.4. The van der Waals surface area contributed by atoms with Gasteiger partial charge in [0.2, 0.25) is 0 Å². The van der Waals surface area contributed by atoms with Crippen molar-refractivity contribution in [2.75, 3.05) is 12.9 Å². The first kappa shape index (κ1) is 24.0. The van der Waals surface area contributed by atoms with E-state index in [1.54, 1.807) is 13.2 Å². The van der Waals surface area contributed by atoms with Gasteiger partial charge in [-0.2, -0.15) is 5.10 Å². The van der Waals surface area contributed by atoms with E-state index >= 15 is 0 Å². The van der Waals surface area contributed by atoms with Crippen molar-refractivity contribution in [2.24, 2.45) is 5.10 Å². The highest BCUT2D eigenvalue weighted by molar-refractivity contribution is 7.99. The van der Waals surface area contributed by atoms with Crippen LogP contribution in [0, 0.1) is 6.92 Å². The van der Waals surface area contributed by atoms with Crippen molar-refractivity contribution in [1.82, 2.24) is 20.2 Å². The van der Waals surface area contributed by atoms with Gasteiger partial charge >= 0.3 is 0 Å². The normalized spacial score (nSPS) is 11.3. The first-order valence-corrected chi connectivity index (χ1v) is 12.0. The van der Waals surface area contributed by atoms with Gasteiger partial charge in [0.1, 0.15) is 5.75 Å². The van der Waals surface area contributed by atoms with Crippen molar-refractivity contribution in [3.05, 3.63) is 96.1 Å². The molecule has 1 aromatic heterocycles. The molecule has 0 fully saturated rings. The summed E-state index contributed by atoms with van der Waals surface area (Å²) in [6.45, 7) is 2.04. The van der Waals surface area contributed by atoms with Gasteiger partial charge in [-0.1, -0.05) is 78.0 Å². The summed E-state index contributed by atoms with van der Waals surface area (Å²) < 4.78 is 7.27. The van der Waals surface area contributed by atoms with E-state index < -0.39 is 0 Å². The Balaban J connectivity index is 1.42. The summed E-state index contributed by atoms with van der Waals surface area (Å²) >= 11 is 1.30. The van der Waals surface area contributed by atoms with Gasteiger partial charge < -0.3 is 4.74 Å². The second-order valence-corrected chi connectivity index (χ2v) is 8.49. The van der Waals surface area contributed by atoms with Crippen LogP contribution in [0.4, 0.5) is 0 Å². The molecule has 1 N–H and O–H groups in total. The summed E-state index contributed by atoms with van der Waals surface area (Å²) in [7, 11) is 1.63. The molecule has 1 amide bonds. The highest BCUT2D eigenvalue weighted by Gasteiger charge is 2.17. The van der Waals surface area contributed by atoms with Crippen LogP contribution in [0.1, 0.15) is 11.1 Å². The minimum Gasteiger partial charge on any atom is -0.496 e. The van der Waals surface area contributed by atoms with Gasteiger partial charge in [-0.05, 0) is 37.3 Å². The fourth-order valence-electron chi connectivity index (χ4n) is 3.33. The van der Waals surface area contributed by atoms with Crippen molar-refractivity contribution in [2.45, 2.75) is 12.1 Å². The number of carbonyl (C=O) groups excluding carboxylic acids is 1. The van der Waals surface area contributed by atoms with Gasteiger partial charge in [-0.3, -0.25) is 9.36 Å². The van der Waals surface area contributed by atoms with Crippen LogP contribution in [-0.4, -0.2) is 39.7 Å². The number of hydrazone groups is 1. The molecule has 1 heterocycles. The van der Waals surface area contributed by atoms with E-state index in [1.807, 2.05) is 96.4 Å². The molecule has 0 saturated heterocycles. The largest absolute Gasteiger partial charge is 0.496 e. The number of allylic oxidation sites excluding steroid dienone is 1. The van der Waals surface area contributed by atoms with Crippen LogP contribution in [0.25, 0.3) is 23.2 Å². The van der Waals surface area contributed by atoms with Gasteiger partial charge in [0.15, 0.2) is 11.0 Å². The zero-order valence-corrected chi connectivity index (χ0v) is 20.3. The number of aryl methyl sites for hydroxylation is 1. The number of nitrogens with one attached hydrogen (secondary N) is 1. The van der Waals surface area contributed by atoms with Crippen LogP contribution in [0.3, 0.4) is 0 Å². The molecule has 0 saturated carbocycles. The van der Waals surface area contributed by atoms with E-state index in [4.69, 9.17) is 4.74 Å². The van der Waals surface area contributed by atoms with Crippen molar-refractivity contribution in [3.63, 3.8) is 0 Å². The first-order valence-electron chi connectivity index (χ1n) is 11.0. The molecule has 0 aliphatic heterocycles. The maximum atomic E-state index is 12.4. The standard InChI is InChI=1S/C27H25N5O2S/c1-20-14-16-22(17-15-20)26-30-31-27(32(26)23-11-4-3-5-12-23)35-19-25(33)29-28-18-8-10-21-9-6-7-13-24(21)34-2/h3-18H,19H2,1-2H3,(H,29,33)/b10-8+,28-18-. The average Bonchev–Trinajstić information content (AvgIpc) is 3.32. The molecular formula is C27H25N5O2S. The number of thioether (sulfide) groups is 1. The number of hydrogen-bond donors (Lipinski definition) is 1. The summed E-state index contributed by atoms with van der Waals surface area (Å²) in [5.74, 6) is 1.40. The second kappa shape index (κ2) is 11.8. The number of ether oxygens (including phenoxy) is 1. The highest BCUT2D eigenvalue weighted by Crippen LogP contribution is 2.28. The summed E-state index contributed by atoms with van der Waals surface area (Å²) in [6, 6.07) is 25.6. The smallest absolute Gasteiger partial charge is 0.250 e. The van der Waals surface area contributed by atoms with E-state index in [0.717, 1.165) is 28.4 Å². The van der Waals surface area contributed by atoms with Crippen LogP contribution in [-0.2, 0) is 4.79 Å². The minimum atomic E-state index is -0.239. The number of carbonyl (C=O) groups is 1. The molecule has 0 aliphatic carbocycles. The highest BCUT2D eigenvalue weighted by atomic mass is 32.2. The van der Waals surface area contributed by atoms with E-state index in [9.17, 15) is 4.79 Å². The Labute approximate surface area is 208 Å². The molecule has 0 bridgehead atoms. The predicted molar refractivity (Wildman–Crippen MR) is 141 cm³/mol. The molecule has 35 heavy (non-hydrogen) atoms. The van der Waals surface area contributed by atoms with Crippen LogP contribution in [0.2, 0.25) is 0 Å². The summed E-state index contributed by atoms with van der Waals surface area (Å²) in [4.78, 5) is 12.4. The zero-order valence-electron chi connectivity index (χ0n) is 19.5. The third-order valence-electron chi connectivity index (χ3n) is 5.05. The second-order valence-electron chi connectivity index (χ2n) is 7.55. The van der Waals surface area contributed by atoms with Gasteiger partial charge in [0.25, 0.3) is 5.91 Å². The Kier molecular flexibility index (Phi) is 8.08. The average molecular weight is 484 g/mol. The van der Waals surface area contributed by atoms with E-state index in [1.165, 1.54) is 23.5 Å². The number of amides is 1. The number of methoxy groups -OCH3 is 1. The number of para-hydroxylation sites is 2. The first-order chi connectivity index (χ1) is 17.2. The lowest BCUT2D eigenvalue weighted by atomic mass is 10.1. The van der Waals surface area contributed by atoms with Crippen LogP contribution < -0.4 is 10.2 Å². The van der Waals surface area contributed by atoms with Gasteiger partial charge in [-0.25, -0.2) is 5.43 Å². The third kappa shape index (κ3) is 6.24. The topological polar surface area (TPSA) is 81.4 Å². The molecule has 4 rings (SSSR count). The van der Waals surface area contributed by atoms with Crippen LogP contribution in [0.5, 0.6) is 5.75 Å². The molecule has 4 aromatic rings. The van der Waals surface area contributed by atoms with Crippen LogP contribution >= 0.6 is 11.8 Å². The molecule has 0 spiro atoms. The molecule has 176 valence electrons. The number of benzene rings is 3. The Bertz CT molecular complexity index is 1330. The molecular weight excluding hydrogens is 458 g/mol. The predicted octanol–water partition coefficient (Wildman–Crippen LogP) is 5.16. The fraction of sp³-hybridized carbons (Fsp3) is 0.111. The Morgan fingerprint density at radius 1 is 1.03 bits per heavy atom. The Morgan fingerprint density at radius 2 is 1.77 bits per heavy atom. The van der Waals surface area contributed by atoms with E-state index in [0.29, 0.717) is 5.16 Å². The van der Waals surface area contributed by atoms with Crippen LogP contribution in [0.15, 0.2) is 95.2 Å². The Morgan fingerprint density at radius 3 is 2.54 bits per heavy atom. The SMILES string of the molecule is COc1ccccc1/C=C/C=N\NC(=O)CSc1nnc(-c2ccc(C)cc2)n1-c1ccccc1. The van der Waals surface area contributed by atoms with Crippen molar-refractivity contribution in [1.29, 1.82) is 0 Å². The van der Waals surface area contributed by atoms with Gasteiger partial charge in [0, 0.05) is 23.0 Å². The lowest BCUT2D eigenvalue weighted by molar-refractivity contribution is -0.118. The van der Waals surface area contributed by atoms with Gasteiger partial charge in [-0.15, -0.1) is 10.2 Å². The quantitative estimate of drug-likeness (QED) is 0.202. The zero-order chi connectivity index (χ0) is 24.5. The van der Waals surface area contributed by atoms with E-state index in [2.05, 4.69) is 20.7 Å². The lowest BCUT2D eigenvalue weighted by Crippen LogP contribution is -2.19. The molecule has 0 aliphatic rings. The monoisotopic (exact) mass is 483 g/mol. The van der Waals surface area contributed by atoms with Crippen molar-refractivity contribution >= 4 is 30.0 Å².